The van der Waals surface area contributed by atoms with Gasteiger partial charge in [-0.15, -0.1) is 0 Å². The molecule has 3 rings (SSSR count). The van der Waals surface area contributed by atoms with Crippen molar-refractivity contribution in [2.75, 3.05) is 4.72 Å². The van der Waals surface area contributed by atoms with Crippen LogP contribution in [0.2, 0.25) is 5.02 Å². The second-order valence-electron chi connectivity index (χ2n) is 4.83. The standard InChI is InChI=1S/C14H12ClN3O3S/c1-8-4-2-3-5-13(8)22(20,21)18-10-7-12-11(6-9(10)15)16-14(19)17-12/h2-7,18H,1H3,(H2,16,17,19). The number of aryl methyl sites for hydroxylation is 1. The van der Waals surface area contributed by atoms with Gasteiger partial charge in [-0.05, 0) is 30.7 Å². The molecular weight excluding hydrogens is 326 g/mol. The van der Waals surface area contributed by atoms with Gasteiger partial charge in [0.2, 0.25) is 0 Å². The van der Waals surface area contributed by atoms with E-state index < -0.39 is 10.0 Å². The summed E-state index contributed by atoms with van der Waals surface area (Å²) in [6, 6.07) is 9.61. The number of imidazole rings is 1. The van der Waals surface area contributed by atoms with E-state index in [0.29, 0.717) is 16.6 Å². The normalized spacial score (nSPS) is 11.7. The Morgan fingerprint density at radius 1 is 1.09 bits per heavy atom. The lowest BCUT2D eigenvalue weighted by Gasteiger charge is -2.11. The third-order valence-electron chi connectivity index (χ3n) is 3.23. The highest BCUT2D eigenvalue weighted by atomic mass is 35.5. The topological polar surface area (TPSA) is 94.8 Å². The van der Waals surface area contributed by atoms with Crippen LogP contribution in [-0.2, 0) is 10.0 Å². The Kier molecular flexibility index (Phi) is 3.46. The van der Waals surface area contributed by atoms with Gasteiger partial charge < -0.3 is 9.97 Å². The van der Waals surface area contributed by atoms with E-state index >= 15 is 0 Å². The smallest absolute Gasteiger partial charge is 0.306 e. The van der Waals surface area contributed by atoms with Crippen LogP contribution in [0.4, 0.5) is 5.69 Å². The third-order valence-corrected chi connectivity index (χ3v) is 5.07. The van der Waals surface area contributed by atoms with Gasteiger partial charge in [-0.2, -0.15) is 0 Å². The summed E-state index contributed by atoms with van der Waals surface area (Å²) in [5.74, 6) is 0. The zero-order valence-electron chi connectivity index (χ0n) is 11.5. The summed E-state index contributed by atoms with van der Waals surface area (Å²) in [4.78, 5) is 16.6. The molecule has 0 fully saturated rings. The average molecular weight is 338 g/mol. The Labute approximate surface area is 131 Å². The van der Waals surface area contributed by atoms with E-state index in [1.165, 1.54) is 18.2 Å². The highest BCUT2D eigenvalue weighted by Gasteiger charge is 2.18. The van der Waals surface area contributed by atoms with Crippen LogP contribution < -0.4 is 10.4 Å². The van der Waals surface area contributed by atoms with Gasteiger partial charge in [-0.1, -0.05) is 29.8 Å². The largest absolute Gasteiger partial charge is 0.323 e. The van der Waals surface area contributed by atoms with Crippen LogP contribution >= 0.6 is 11.6 Å². The molecule has 3 N–H and O–H groups in total. The van der Waals surface area contributed by atoms with E-state index in [2.05, 4.69) is 14.7 Å². The zero-order valence-corrected chi connectivity index (χ0v) is 13.0. The summed E-state index contributed by atoms with van der Waals surface area (Å²) < 4.78 is 27.4. The Morgan fingerprint density at radius 3 is 2.41 bits per heavy atom. The third kappa shape index (κ3) is 2.60. The number of anilines is 1. The summed E-state index contributed by atoms with van der Waals surface area (Å²) in [7, 11) is -3.77. The number of sulfonamides is 1. The number of aromatic nitrogens is 2. The minimum Gasteiger partial charge on any atom is -0.306 e. The Hall–Kier alpha value is -2.25. The molecule has 1 aromatic heterocycles. The molecule has 0 spiro atoms. The fourth-order valence-electron chi connectivity index (χ4n) is 2.19. The fourth-order valence-corrected chi connectivity index (χ4v) is 3.78. The van der Waals surface area contributed by atoms with Crippen molar-refractivity contribution in [2.24, 2.45) is 0 Å². The number of rotatable bonds is 3. The lowest BCUT2D eigenvalue weighted by molar-refractivity contribution is 0.600. The number of benzene rings is 2. The lowest BCUT2D eigenvalue weighted by atomic mass is 10.2. The number of hydrogen-bond acceptors (Lipinski definition) is 3. The van der Waals surface area contributed by atoms with Crippen LogP contribution in [0.25, 0.3) is 11.0 Å². The first-order valence-electron chi connectivity index (χ1n) is 6.37. The maximum Gasteiger partial charge on any atom is 0.323 e. The highest BCUT2D eigenvalue weighted by Crippen LogP contribution is 2.28. The van der Waals surface area contributed by atoms with Crippen molar-refractivity contribution in [3.05, 3.63) is 57.5 Å². The predicted octanol–water partition coefficient (Wildman–Crippen LogP) is 2.62. The molecule has 0 saturated carbocycles. The Morgan fingerprint density at radius 2 is 1.73 bits per heavy atom. The molecule has 0 radical (unpaired) electrons. The van der Waals surface area contributed by atoms with Crippen LogP contribution in [0.15, 0.2) is 46.1 Å². The number of nitrogens with one attached hydrogen (secondary N) is 3. The molecule has 6 nitrogen and oxygen atoms in total. The summed E-state index contributed by atoms with van der Waals surface area (Å²) in [5, 5.41) is 0.194. The Bertz CT molecular complexity index is 1020. The highest BCUT2D eigenvalue weighted by molar-refractivity contribution is 7.92. The molecular formula is C14H12ClN3O3S. The molecule has 0 saturated heterocycles. The number of fused-ring (bicyclic) bond motifs is 1. The van der Waals surface area contributed by atoms with Crippen molar-refractivity contribution in [3.8, 4) is 0 Å². The molecule has 3 aromatic rings. The molecule has 1 heterocycles. The van der Waals surface area contributed by atoms with E-state index in [4.69, 9.17) is 11.6 Å². The van der Waals surface area contributed by atoms with Gasteiger partial charge in [0.15, 0.2) is 0 Å². The molecule has 8 heteroatoms. The molecule has 0 aliphatic rings. The average Bonchev–Trinajstić information content (AvgIpc) is 2.78. The first kappa shape index (κ1) is 14.7. The first-order chi connectivity index (χ1) is 10.4. The van der Waals surface area contributed by atoms with Crippen LogP contribution in [0, 0.1) is 6.92 Å². The van der Waals surface area contributed by atoms with E-state index in [1.54, 1.807) is 25.1 Å². The van der Waals surface area contributed by atoms with Gasteiger partial charge in [0.1, 0.15) is 0 Å². The second-order valence-corrected chi connectivity index (χ2v) is 6.89. The van der Waals surface area contributed by atoms with Gasteiger partial charge >= 0.3 is 5.69 Å². The summed E-state index contributed by atoms with van der Waals surface area (Å²) in [5.41, 5.74) is 1.42. The molecule has 22 heavy (non-hydrogen) atoms. The van der Waals surface area contributed by atoms with Crippen molar-refractivity contribution in [1.29, 1.82) is 0 Å². The van der Waals surface area contributed by atoms with Gasteiger partial charge in [0.05, 0.1) is 26.6 Å². The quantitative estimate of drug-likeness (QED) is 0.685. The van der Waals surface area contributed by atoms with Crippen LogP contribution in [0.1, 0.15) is 5.56 Å². The maximum absolute atomic E-state index is 12.5. The zero-order chi connectivity index (χ0) is 15.9. The SMILES string of the molecule is Cc1ccccc1S(=O)(=O)Nc1cc2[nH]c(=O)[nH]c2cc1Cl. The van der Waals surface area contributed by atoms with Gasteiger partial charge in [0, 0.05) is 0 Å². The van der Waals surface area contributed by atoms with Crippen LogP contribution in [0.5, 0.6) is 0 Å². The second kappa shape index (κ2) is 5.19. The number of H-pyrrole nitrogens is 2. The minimum atomic E-state index is -3.77. The maximum atomic E-state index is 12.5. The molecule has 0 aliphatic carbocycles. The summed E-state index contributed by atoms with van der Waals surface area (Å²) in [6.07, 6.45) is 0. The minimum absolute atomic E-state index is 0.175. The van der Waals surface area contributed by atoms with E-state index in [1.807, 2.05) is 0 Å². The van der Waals surface area contributed by atoms with Crippen molar-refractivity contribution in [3.63, 3.8) is 0 Å². The molecule has 0 amide bonds. The monoisotopic (exact) mass is 337 g/mol. The Balaban J connectivity index is 2.07. The van der Waals surface area contributed by atoms with Gasteiger partial charge in [0.25, 0.3) is 10.0 Å². The fraction of sp³-hybridized carbons (Fsp3) is 0.0714. The number of halogens is 1. The molecule has 0 atom stereocenters. The molecule has 0 unspecified atom stereocenters. The van der Waals surface area contributed by atoms with E-state index in [-0.39, 0.29) is 21.3 Å². The molecule has 114 valence electrons. The van der Waals surface area contributed by atoms with Gasteiger partial charge in [-0.3, -0.25) is 4.72 Å². The lowest BCUT2D eigenvalue weighted by Crippen LogP contribution is -2.14. The van der Waals surface area contributed by atoms with Crippen LogP contribution in [-0.4, -0.2) is 18.4 Å². The number of hydrogen-bond donors (Lipinski definition) is 3. The first-order valence-corrected chi connectivity index (χ1v) is 8.23. The molecule has 0 bridgehead atoms. The van der Waals surface area contributed by atoms with Crippen LogP contribution in [0.3, 0.4) is 0 Å². The van der Waals surface area contributed by atoms with Crippen molar-refractivity contribution in [2.45, 2.75) is 11.8 Å². The molecule has 0 aliphatic heterocycles. The predicted molar refractivity (Wildman–Crippen MR) is 85.9 cm³/mol. The summed E-state index contributed by atoms with van der Waals surface area (Å²) >= 11 is 6.08. The van der Waals surface area contributed by atoms with Crippen molar-refractivity contribution in [1.82, 2.24) is 9.97 Å². The van der Waals surface area contributed by atoms with E-state index in [0.717, 1.165) is 0 Å². The summed E-state index contributed by atoms with van der Waals surface area (Å²) in [6.45, 7) is 1.71. The van der Waals surface area contributed by atoms with Crippen molar-refractivity contribution < 1.29 is 8.42 Å². The van der Waals surface area contributed by atoms with Crippen molar-refractivity contribution >= 4 is 38.3 Å². The van der Waals surface area contributed by atoms with E-state index in [9.17, 15) is 13.2 Å². The number of aromatic amines is 2. The molecule has 2 aromatic carbocycles. The van der Waals surface area contributed by atoms with Gasteiger partial charge in [-0.25, -0.2) is 13.2 Å².